The Kier molecular flexibility index (Phi) is 9.41. The molecule has 39 heavy (non-hydrogen) atoms. The highest BCUT2D eigenvalue weighted by Gasteiger charge is 2.30. The zero-order valence-corrected chi connectivity index (χ0v) is 21.7. The Balaban J connectivity index is 1.17. The second-order valence-corrected chi connectivity index (χ2v) is 9.61. The van der Waals surface area contributed by atoms with E-state index < -0.39 is 17.6 Å². The molecule has 1 fully saturated rings. The first-order chi connectivity index (χ1) is 18.7. The van der Waals surface area contributed by atoms with Gasteiger partial charge in [0, 0.05) is 46.0 Å². The Morgan fingerprint density at radius 3 is 2.77 bits per heavy atom. The zero-order chi connectivity index (χ0) is 27.8. The monoisotopic (exact) mass is 550 g/mol. The minimum Gasteiger partial charge on any atom is -0.381 e. The Morgan fingerprint density at radius 2 is 2.00 bits per heavy atom. The summed E-state index contributed by atoms with van der Waals surface area (Å²) in [5.74, 6) is -0.332. The fourth-order valence-corrected chi connectivity index (χ4v) is 4.33. The van der Waals surface area contributed by atoms with Crippen molar-refractivity contribution in [3.8, 4) is 0 Å². The molecule has 2 aliphatic rings. The first-order valence-corrected chi connectivity index (χ1v) is 12.9. The molecule has 1 atom stereocenters. The van der Waals surface area contributed by atoms with Crippen LogP contribution in [0.25, 0.3) is 0 Å². The molecule has 1 aromatic carbocycles. The van der Waals surface area contributed by atoms with Crippen molar-refractivity contribution < 1.29 is 27.5 Å². The molecule has 1 unspecified atom stereocenters. The highest BCUT2D eigenvalue weighted by atomic mass is 19.4. The molecule has 0 radical (unpaired) electrons. The molecule has 0 aliphatic carbocycles. The second-order valence-electron chi connectivity index (χ2n) is 9.61. The van der Waals surface area contributed by atoms with Crippen molar-refractivity contribution in [1.82, 2.24) is 41.2 Å². The molecular formula is C25H33F3N8O3. The fraction of sp³-hybridized carbons (Fsp3) is 0.520. The summed E-state index contributed by atoms with van der Waals surface area (Å²) in [7, 11) is 1.68. The lowest BCUT2D eigenvalue weighted by molar-refractivity contribution is -0.137. The second kappa shape index (κ2) is 12.9. The Bertz CT molecular complexity index is 1160. The van der Waals surface area contributed by atoms with Crippen LogP contribution in [0.5, 0.6) is 0 Å². The summed E-state index contributed by atoms with van der Waals surface area (Å²) in [5, 5.41) is 16.8. The van der Waals surface area contributed by atoms with E-state index in [1.54, 1.807) is 34.1 Å². The van der Waals surface area contributed by atoms with Gasteiger partial charge in [-0.25, -0.2) is 0 Å². The minimum atomic E-state index is -4.44. The summed E-state index contributed by atoms with van der Waals surface area (Å²) < 4.78 is 45.8. The third-order valence-electron chi connectivity index (χ3n) is 6.47. The standard InChI is InChI=1S/C25H33F3N8O3/c1-34-22(24(38)30-13-18-6-4-8-20(12-18)25(26,27)28)16-36(33-34)10-3-2-9-35-15-21(31-32-35)23(37)29-14-19-7-5-11-39-17-19/h4,6,8,12,15-16,19,33H,2-3,5,7,9-11,13-14,17H2,1H3,(H,29,37)(H,30,38). The number of nitrogens with zero attached hydrogens (tertiary/aromatic N) is 5. The van der Waals surface area contributed by atoms with E-state index >= 15 is 0 Å². The van der Waals surface area contributed by atoms with Crippen LogP contribution in [0, 0.1) is 5.92 Å². The van der Waals surface area contributed by atoms with Crippen LogP contribution in [0.2, 0.25) is 0 Å². The van der Waals surface area contributed by atoms with E-state index in [4.69, 9.17) is 4.74 Å². The van der Waals surface area contributed by atoms with Gasteiger partial charge in [-0.1, -0.05) is 17.3 Å². The number of hydrogen-bond donors (Lipinski definition) is 3. The molecule has 3 N–H and O–H groups in total. The van der Waals surface area contributed by atoms with E-state index in [1.165, 1.54) is 12.1 Å². The van der Waals surface area contributed by atoms with Crippen LogP contribution in [-0.4, -0.2) is 70.2 Å². The van der Waals surface area contributed by atoms with Gasteiger partial charge < -0.3 is 15.4 Å². The topological polar surface area (TPSA) is 117 Å². The number of unbranched alkanes of at least 4 members (excludes halogenated alkanes) is 1. The van der Waals surface area contributed by atoms with Gasteiger partial charge in [-0.05, 0) is 49.3 Å². The predicted molar refractivity (Wildman–Crippen MR) is 134 cm³/mol. The van der Waals surface area contributed by atoms with Crippen LogP contribution in [0.15, 0.2) is 42.4 Å². The molecule has 1 aromatic heterocycles. The molecule has 11 nitrogen and oxygen atoms in total. The molecule has 1 saturated heterocycles. The average molecular weight is 551 g/mol. The number of hydrazine groups is 2. The van der Waals surface area contributed by atoms with Crippen molar-refractivity contribution in [3.63, 3.8) is 0 Å². The van der Waals surface area contributed by atoms with E-state index in [2.05, 4.69) is 26.5 Å². The van der Waals surface area contributed by atoms with Crippen molar-refractivity contribution in [3.05, 3.63) is 59.2 Å². The van der Waals surface area contributed by atoms with Gasteiger partial charge >= 0.3 is 6.18 Å². The number of benzene rings is 1. The van der Waals surface area contributed by atoms with Gasteiger partial charge in [-0.15, -0.1) is 10.6 Å². The molecule has 2 amide bonds. The Hall–Kier alpha value is -3.65. The smallest absolute Gasteiger partial charge is 0.381 e. The number of ether oxygens (including phenoxy) is 1. The summed E-state index contributed by atoms with van der Waals surface area (Å²) in [6.07, 6.45) is 2.41. The molecule has 0 bridgehead atoms. The van der Waals surface area contributed by atoms with Crippen molar-refractivity contribution in [1.29, 1.82) is 0 Å². The average Bonchev–Trinajstić information content (AvgIpc) is 3.55. The lowest BCUT2D eigenvalue weighted by Crippen LogP contribution is -2.40. The number of aromatic nitrogens is 3. The number of halogens is 3. The number of alkyl halides is 3. The first kappa shape index (κ1) is 28.4. The van der Waals surface area contributed by atoms with Crippen LogP contribution >= 0.6 is 0 Å². The third kappa shape index (κ3) is 8.17. The SMILES string of the molecule is CN1NN(CCCCn2cc(C(=O)NCC3CCCOC3)nn2)C=C1C(=O)NCc1cccc(C(F)(F)F)c1. The minimum absolute atomic E-state index is 0.0269. The van der Waals surface area contributed by atoms with Crippen LogP contribution in [0.3, 0.4) is 0 Å². The summed E-state index contributed by atoms with van der Waals surface area (Å²) >= 11 is 0. The highest BCUT2D eigenvalue weighted by molar-refractivity contribution is 5.93. The van der Waals surface area contributed by atoms with E-state index in [1.807, 2.05) is 0 Å². The van der Waals surface area contributed by atoms with E-state index in [-0.39, 0.29) is 18.1 Å². The molecule has 3 heterocycles. The van der Waals surface area contributed by atoms with Gasteiger partial charge in [0.25, 0.3) is 11.8 Å². The number of nitrogens with one attached hydrogen (secondary N) is 3. The van der Waals surface area contributed by atoms with Crippen molar-refractivity contribution in [2.45, 2.75) is 44.9 Å². The lowest BCUT2D eigenvalue weighted by atomic mass is 10.0. The molecule has 0 saturated carbocycles. The maximum absolute atomic E-state index is 12.9. The predicted octanol–water partition coefficient (Wildman–Crippen LogP) is 2.06. The zero-order valence-electron chi connectivity index (χ0n) is 21.7. The van der Waals surface area contributed by atoms with Crippen LogP contribution in [0.1, 0.15) is 47.3 Å². The van der Waals surface area contributed by atoms with Gasteiger partial charge in [0.05, 0.1) is 18.4 Å². The first-order valence-electron chi connectivity index (χ1n) is 12.9. The number of hydrogen-bond acceptors (Lipinski definition) is 8. The third-order valence-corrected chi connectivity index (χ3v) is 6.47. The Morgan fingerprint density at radius 1 is 1.18 bits per heavy atom. The number of carbonyl (C=O) groups excluding carboxylic acids is 2. The molecule has 2 aliphatic heterocycles. The molecule has 0 spiro atoms. The lowest BCUT2D eigenvalue weighted by Gasteiger charge is -2.21. The number of amides is 2. The summed E-state index contributed by atoms with van der Waals surface area (Å²) in [6.45, 7) is 3.15. The van der Waals surface area contributed by atoms with E-state index in [9.17, 15) is 22.8 Å². The summed E-state index contributed by atoms with van der Waals surface area (Å²) in [6, 6.07) is 4.87. The largest absolute Gasteiger partial charge is 0.416 e. The number of carbonyl (C=O) groups is 2. The van der Waals surface area contributed by atoms with Crippen LogP contribution < -0.4 is 16.2 Å². The maximum Gasteiger partial charge on any atom is 0.416 e. The van der Waals surface area contributed by atoms with Gasteiger partial charge in [-0.2, -0.15) is 13.2 Å². The number of likely N-dealkylation sites (N-methyl/N-ethyl adjacent to an activating group) is 1. The van der Waals surface area contributed by atoms with Crippen LogP contribution in [-0.2, 0) is 28.8 Å². The van der Waals surface area contributed by atoms with E-state index in [0.29, 0.717) is 43.4 Å². The number of aryl methyl sites for hydroxylation is 1. The van der Waals surface area contributed by atoms with Gasteiger partial charge in [0.2, 0.25) is 0 Å². The Labute approximate surface area is 224 Å². The fourth-order valence-electron chi connectivity index (χ4n) is 4.33. The molecule has 4 rings (SSSR count). The van der Waals surface area contributed by atoms with E-state index in [0.717, 1.165) is 44.4 Å². The van der Waals surface area contributed by atoms with Crippen molar-refractivity contribution in [2.24, 2.45) is 5.92 Å². The molecule has 14 heteroatoms. The van der Waals surface area contributed by atoms with Crippen molar-refractivity contribution >= 4 is 11.8 Å². The quantitative estimate of drug-likeness (QED) is 0.364. The summed E-state index contributed by atoms with van der Waals surface area (Å²) in [4.78, 5) is 24.9. The molecule has 2 aromatic rings. The van der Waals surface area contributed by atoms with Gasteiger partial charge in [0.1, 0.15) is 5.70 Å². The maximum atomic E-state index is 12.9. The van der Waals surface area contributed by atoms with Crippen LogP contribution in [0.4, 0.5) is 13.2 Å². The molecular weight excluding hydrogens is 517 g/mol. The van der Waals surface area contributed by atoms with Crippen molar-refractivity contribution in [2.75, 3.05) is 33.4 Å². The van der Waals surface area contributed by atoms with Gasteiger partial charge in [0.15, 0.2) is 5.69 Å². The highest BCUT2D eigenvalue weighted by Crippen LogP contribution is 2.29. The van der Waals surface area contributed by atoms with Gasteiger partial charge in [-0.3, -0.25) is 24.3 Å². The molecule has 212 valence electrons. The summed E-state index contributed by atoms with van der Waals surface area (Å²) in [5.41, 5.74) is 3.26. The normalized spacial score (nSPS) is 17.7. The number of rotatable bonds is 11.